The van der Waals surface area contributed by atoms with Crippen LogP contribution in [0.2, 0.25) is 0 Å². The Labute approximate surface area is 138 Å². The zero-order valence-electron chi connectivity index (χ0n) is 13.0. The van der Waals surface area contributed by atoms with Gasteiger partial charge in [-0.25, -0.2) is 0 Å². The van der Waals surface area contributed by atoms with Gasteiger partial charge in [0.15, 0.2) is 0 Å². The first-order valence-electron chi connectivity index (χ1n) is 7.08. The van der Waals surface area contributed by atoms with E-state index in [1.807, 2.05) is 30.3 Å². The van der Waals surface area contributed by atoms with Gasteiger partial charge >= 0.3 is 0 Å². The average Bonchev–Trinajstić information content (AvgIpc) is 3.03. The van der Waals surface area contributed by atoms with Gasteiger partial charge in [0, 0.05) is 21.9 Å². The smallest absolute Gasteiger partial charge is 0.203 e. The molecule has 0 fully saturated rings. The Morgan fingerprint density at radius 2 is 1.83 bits per heavy atom. The van der Waals surface area contributed by atoms with Crippen LogP contribution in [0, 0.1) is 0 Å². The summed E-state index contributed by atoms with van der Waals surface area (Å²) in [4.78, 5) is 13.4. The van der Waals surface area contributed by atoms with E-state index in [1.54, 1.807) is 32.4 Å². The number of fused-ring (bicyclic) bond motifs is 1. The van der Waals surface area contributed by atoms with Crippen molar-refractivity contribution in [3.05, 3.63) is 65.6 Å². The first-order chi connectivity index (χ1) is 11.1. The van der Waals surface area contributed by atoms with E-state index in [1.165, 1.54) is 11.3 Å². The van der Waals surface area contributed by atoms with Crippen LogP contribution < -0.4 is 9.47 Å². The molecule has 3 rings (SSSR count). The summed E-state index contributed by atoms with van der Waals surface area (Å²) in [5, 5.41) is 1.07. The molecule has 0 bridgehead atoms. The lowest BCUT2D eigenvalue weighted by atomic mass is 10.0. The fourth-order valence-electron chi connectivity index (χ4n) is 2.41. The predicted octanol–water partition coefficient (Wildman–Crippen LogP) is 4.81. The first kappa shape index (κ1) is 15.3. The first-order valence-corrected chi connectivity index (χ1v) is 7.90. The van der Waals surface area contributed by atoms with Crippen LogP contribution in [0.4, 0.5) is 0 Å². The van der Waals surface area contributed by atoms with Crippen LogP contribution in [0.5, 0.6) is 11.5 Å². The predicted molar refractivity (Wildman–Crippen MR) is 94.7 cm³/mol. The van der Waals surface area contributed by atoms with Crippen molar-refractivity contribution < 1.29 is 14.3 Å². The molecule has 0 aliphatic heterocycles. The zero-order valence-corrected chi connectivity index (χ0v) is 13.8. The van der Waals surface area contributed by atoms with Gasteiger partial charge < -0.3 is 9.47 Å². The summed E-state index contributed by atoms with van der Waals surface area (Å²) in [5.74, 6) is 1.16. The van der Waals surface area contributed by atoms with E-state index in [0.717, 1.165) is 10.1 Å². The van der Waals surface area contributed by atoms with Gasteiger partial charge in [0.05, 0.1) is 19.1 Å². The molecular formula is C19H16O3S. The molecule has 0 saturated carbocycles. The van der Waals surface area contributed by atoms with Gasteiger partial charge in [-0.15, -0.1) is 11.3 Å². The van der Waals surface area contributed by atoms with Gasteiger partial charge in [-0.3, -0.25) is 4.79 Å². The molecule has 0 radical (unpaired) electrons. The van der Waals surface area contributed by atoms with E-state index in [0.29, 0.717) is 27.5 Å². The van der Waals surface area contributed by atoms with Crippen LogP contribution in [0.3, 0.4) is 0 Å². The monoisotopic (exact) mass is 324 g/mol. The van der Waals surface area contributed by atoms with Gasteiger partial charge in [0.2, 0.25) is 5.78 Å². The Morgan fingerprint density at radius 1 is 1.04 bits per heavy atom. The number of methoxy groups -OCH3 is 2. The summed E-state index contributed by atoms with van der Waals surface area (Å²) in [6.45, 7) is 3.97. The molecule has 0 spiro atoms. The normalized spacial score (nSPS) is 10.5. The third-order valence-electron chi connectivity index (χ3n) is 3.66. The molecule has 116 valence electrons. The number of hydrogen-bond donors (Lipinski definition) is 0. The highest BCUT2D eigenvalue weighted by molar-refractivity contribution is 7.21. The highest BCUT2D eigenvalue weighted by Crippen LogP contribution is 2.33. The maximum Gasteiger partial charge on any atom is 0.203 e. The Balaban J connectivity index is 1.97. The molecule has 1 aromatic heterocycles. The quantitative estimate of drug-likeness (QED) is 0.499. The Bertz CT molecular complexity index is 860. The molecule has 23 heavy (non-hydrogen) atoms. The SMILES string of the molecule is C=C(C(=O)c1cc2ccccc2s1)c1ccc(OC)cc1OC. The summed E-state index contributed by atoms with van der Waals surface area (Å²) in [5.41, 5.74) is 1.09. The van der Waals surface area contributed by atoms with Crippen molar-refractivity contribution in [2.45, 2.75) is 0 Å². The van der Waals surface area contributed by atoms with E-state index in [-0.39, 0.29) is 5.78 Å². The summed E-state index contributed by atoms with van der Waals surface area (Å²) < 4.78 is 11.6. The van der Waals surface area contributed by atoms with Crippen molar-refractivity contribution in [2.24, 2.45) is 0 Å². The maximum atomic E-state index is 12.8. The molecule has 0 unspecified atom stereocenters. The van der Waals surface area contributed by atoms with Crippen LogP contribution in [0.15, 0.2) is 55.1 Å². The van der Waals surface area contributed by atoms with Crippen LogP contribution in [-0.2, 0) is 0 Å². The highest BCUT2D eigenvalue weighted by Gasteiger charge is 2.18. The minimum absolute atomic E-state index is 0.0883. The fourth-order valence-corrected chi connectivity index (χ4v) is 3.44. The van der Waals surface area contributed by atoms with Gasteiger partial charge in [-0.05, 0) is 29.7 Å². The van der Waals surface area contributed by atoms with Crippen molar-refractivity contribution in [1.29, 1.82) is 0 Å². The minimum atomic E-state index is -0.0883. The van der Waals surface area contributed by atoms with E-state index >= 15 is 0 Å². The van der Waals surface area contributed by atoms with Crippen LogP contribution in [0.1, 0.15) is 15.2 Å². The van der Waals surface area contributed by atoms with Crippen LogP contribution in [-0.4, -0.2) is 20.0 Å². The molecule has 1 heterocycles. The Kier molecular flexibility index (Phi) is 4.17. The standard InChI is InChI=1S/C19H16O3S/c1-12(15-9-8-14(21-2)11-16(15)22-3)19(20)18-10-13-6-4-5-7-17(13)23-18/h4-11H,1H2,2-3H3. The van der Waals surface area contributed by atoms with Crippen molar-refractivity contribution >= 4 is 32.8 Å². The molecule has 0 N–H and O–H groups in total. The topological polar surface area (TPSA) is 35.5 Å². The fraction of sp³-hybridized carbons (Fsp3) is 0.105. The van der Waals surface area contributed by atoms with Gasteiger partial charge in [-0.1, -0.05) is 24.8 Å². The van der Waals surface area contributed by atoms with E-state index < -0.39 is 0 Å². The molecule has 2 aromatic carbocycles. The Hall–Kier alpha value is -2.59. The second-order valence-electron chi connectivity index (χ2n) is 5.02. The zero-order chi connectivity index (χ0) is 16.4. The largest absolute Gasteiger partial charge is 0.497 e. The third-order valence-corrected chi connectivity index (χ3v) is 4.77. The molecule has 0 aliphatic rings. The second kappa shape index (κ2) is 6.26. The molecule has 4 heteroatoms. The van der Waals surface area contributed by atoms with Crippen molar-refractivity contribution in [2.75, 3.05) is 14.2 Å². The Morgan fingerprint density at radius 3 is 2.52 bits per heavy atom. The number of Topliss-reactive ketones (excluding diaryl/α,β-unsaturated/α-hetero) is 1. The number of hydrogen-bond acceptors (Lipinski definition) is 4. The molecule has 3 nitrogen and oxygen atoms in total. The van der Waals surface area contributed by atoms with Crippen molar-refractivity contribution in [3.8, 4) is 11.5 Å². The summed E-state index contributed by atoms with van der Waals surface area (Å²) in [6, 6.07) is 15.2. The van der Waals surface area contributed by atoms with E-state index in [2.05, 4.69) is 6.58 Å². The highest BCUT2D eigenvalue weighted by atomic mass is 32.1. The molecule has 0 aliphatic carbocycles. The number of ketones is 1. The number of carbonyl (C=O) groups is 1. The van der Waals surface area contributed by atoms with Gasteiger partial charge in [-0.2, -0.15) is 0 Å². The minimum Gasteiger partial charge on any atom is -0.497 e. The maximum absolute atomic E-state index is 12.8. The number of carbonyl (C=O) groups excluding carboxylic acids is 1. The molecule has 3 aromatic rings. The van der Waals surface area contributed by atoms with E-state index in [4.69, 9.17) is 9.47 Å². The summed E-state index contributed by atoms with van der Waals surface area (Å²) >= 11 is 1.47. The summed E-state index contributed by atoms with van der Waals surface area (Å²) in [7, 11) is 3.15. The lowest BCUT2D eigenvalue weighted by molar-refractivity contribution is 0.106. The summed E-state index contributed by atoms with van der Waals surface area (Å²) in [6.07, 6.45) is 0. The van der Waals surface area contributed by atoms with Crippen LogP contribution in [0.25, 0.3) is 15.7 Å². The number of rotatable bonds is 5. The number of benzene rings is 2. The lowest BCUT2D eigenvalue weighted by Gasteiger charge is -2.11. The van der Waals surface area contributed by atoms with E-state index in [9.17, 15) is 4.79 Å². The van der Waals surface area contributed by atoms with Crippen molar-refractivity contribution in [1.82, 2.24) is 0 Å². The lowest BCUT2D eigenvalue weighted by Crippen LogP contribution is -2.01. The second-order valence-corrected chi connectivity index (χ2v) is 6.11. The average molecular weight is 324 g/mol. The molecule has 0 saturated heterocycles. The number of ether oxygens (including phenoxy) is 2. The number of allylic oxidation sites excluding steroid dienone is 1. The number of thiophene rings is 1. The van der Waals surface area contributed by atoms with Gasteiger partial charge in [0.25, 0.3) is 0 Å². The molecule has 0 amide bonds. The third kappa shape index (κ3) is 2.85. The molecular weight excluding hydrogens is 308 g/mol. The van der Waals surface area contributed by atoms with Crippen LogP contribution >= 0.6 is 11.3 Å². The van der Waals surface area contributed by atoms with Gasteiger partial charge in [0.1, 0.15) is 11.5 Å². The molecule has 0 atom stereocenters. The van der Waals surface area contributed by atoms with Crippen molar-refractivity contribution in [3.63, 3.8) is 0 Å².